The van der Waals surface area contributed by atoms with Crippen molar-refractivity contribution >= 4 is 5.91 Å². The second-order valence-corrected chi connectivity index (χ2v) is 2.53. The molecule has 0 aliphatic heterocycles. The van der Waals surface area contributed by atoms with Gasteiger partial charge in [-0.25, -0.2) is 0 Å². The van der Waals surface area contributed by atoms with E-state index in [1.807, 2.05) is 30.3 Å². The van der Waals surface area contributed by atoms with E-state index in [4.69, 9.17) is 5.73 Å². The molecule has 2 nitrogen and oxygen atoms in total. The zero-order valence-corrected chi connectivity index (χ0v) is 6.73. The fraction of sp³-hybridized carbons (Fsp3) is 0.100. The zero-order valence-electron chi connectivity index (χ0n) is 6.73. The van der Waals surface area contributed by atoms with Crippen LogP contribution >= 0.6 is 0 Å². The third-order valence-electron chi connectivity index (χ3n) is 1.70. The van der Waals surface area contributed by atoms with Gasteiger partial charge in [0.25, 0.3) is 0 Å². The van der Waals surface area contributed by atoms with Gasteiger partial charge in [0.2, 0.25) is 5.91 Å². The largest absolute Gasteiger partial charge is 0.369 e. The Bertz CT molecular complexity index is 279. The van der Waals surface area contributed by atoms with Gasteiger partial charge in [-0.15, -0.1) is 6.58 Å². The van der Waals surface area contributed by atoms with Crippen molar-refractivity contribution < 1.29 is 4.79 Å². The summed E-state index contributed by atoms with van der Waals surface area (Å²) < 4.78 is 0. The summed E-state index contributed by atoms with van der Waals surface area (Å²) in [5.74, 6) is -0.734. The number of amides is 1. The van der Waals surface area contributed by atoms with Crippen LogP contribution in [-0.4, -0.2) is 5.91 Å². The van der Waals surface area contributed by atoms with Crippen LogP contribution < -0.4 is 5.73 Å². The van der Waals surface area contributed by atoms with E-state index >= 15 is 0 Å². The lowest BCUT2D eigenvalue weighted by Crippen LogP contribution is -2.19. The van der Waals surface area contributed by atoms with Crippen molar-refractivity contribution in [3.8, 4) is 0 Å². The van der Waals surface area contributed by atoms with Crippen LogP contribution in [0.15, 0.2) is 43.0 Å². The van der Waals surface area contributed by atoms with Crippen molar-refractivity contribution in [2.45, 2.75) is 5.92 Å². The lowest BCUT2D eigenvalue weighted by Gasteiger charge is -2.06. The number of hydrogen-bond donors (Lipinski definition) is 1. The first-order chi connectivity index (χ1) is 5.75. The molecule has 0 fully saturated rings. The number of nitrogens with two attached hydrogens (primary N) is 1. The molecule has 12 heavy (non-hydrogen) atoms. The summed E-state index contributed by atoms with van der Waals surface area (Å²) in [6, 6.07) is 9.35. The highest BCUT2D eigenvalue weighted by atomic mass is 16.1. The van der Waals surface area contributed by atoms with Crippen LogP contribution in [0.4, 0.5) is 0 Å². The number of rotatable bonds is 3. The van der Waals surface area contributed by atoms with Crippen LogP contribution in [0.1, 0.15) is 11.5 Å². The Morgan fingerprint density at radius 1 is 1.42 bits per heavy atom. The summed E-state index contributed by atoms with van der Waals surface area (Å²) in [6.07, 6.45) is 1.55. The molecule has 0 saturated heterocycles. The topological polar surface area (TPSA) is 43.1 Å². The summed E-state index contributed by atoms with van der Waals surface area (Å²) in [5.41, 5.74) is 6.06. The minimum atomic E-state index is -0.369. The number of carbonyl (C=O) groups excluding carboxylic acids is 1. The third kappa shape index (κ3) is 1.72. The molecule has 2 heteroatoms. The molecule has 62 valence electrons. The Kier molecular flexibility index (Phi) is 2.64. The maximum Gasteiger partial charge on any atom is 0.228 e. The molecule has 1 unspecified atom stereocenters. The molecule has 0 aliphatic rings. The second kappa shape index (κ2) is 3.72. The Morgan fingerprint density at radius 2 is 2.00 bits per heavy atom. The Morgan fingerprint density at radius 3 is 2.42 bits per heavy atom. The highest BCUT2D eigenvalue weighted by Gasteiger charge is 2.11. The Hall–Kier alpha value is -1.57. The minimum absolute atomic E-state index is 0.365. The van der Waals surface area contributed by atoms with Crippen LogP contribution in [0.25, 0.3) is 0 Å². The lowest BCUT2D eigenvalue weighted by molar-refractivity contribution is -0.118. The van der Waals surface area contributed by atoms with Gasteiger partial charge < -0.3 is 5.73 Å². The molecule has 1 amide bonds. The van der Waals surface area contributed by atoms with Gasteiger partial charge in [-0.1, -0.05) is 36.4 Å². The quantitative estimate of drug-likeness (QED) is 0.670. The second-order valence-electron chi connectivity index (χ2n) is 2.53. The predicted octanol–water partition coefficient (Wildman–Crippen LogP) is 1.44. The SMILES string of the molecule is C=CC(C(N)=O)c1ccccc1. The summed E-state index contributed by atoms with van der Waals surface area (Å²) in [5, 5.41) is 0. The van der Waals surface area contributed by atoms with Gasteiger partial charge in [0.1, 0.15) is 0 Å². The third-order valence-corrected chi connectivity index (χ3v) is 1.70. The molecule has 0 spiro atoms. The summed E-state index contributed by atoms with van der Waals surface area (Å²) >= 11 is 0. The summed E-state index contributed by atoms with van der Waals surface area (Å²) in [7, 11) is 0. The van der Waals surface area contributed by atoms with Gasteiger partial charge in [-0.2, -0.15) is 0 Å². The van der Waals surface area contributed by atoms with Crippen molar-refractivity contribution in [2.24, 2.45) is 5.73 Å². The molecule has 0 saturated carbocycles. The van der Waals surface area contributed by atoms with Crippen molar-refractivity contribution in [1.29, 1.82) is 0 Å². The Labute approximate surface area is 71.7 Å². The van der Waals surface area contributed by atoms with Gasteiger partial charge in [0.05, 0.1) is 5.92 Å². The summed E-state index contributed by atoms with van der Waals surface area (Å²) in [4.78, 5) is 10.9. The van der Waals surface area contributed by atoms with Crippen molar-refractivity contribution in [1.82, 2.24) is 0 Å². The van der Waals surface area contributed by atoms with Crippen molar-refractivity contribution in [3.63, 3.8) is 0 Å². The van der Waals surface area contributed by atoms with E-state index in [9.17, 15) is 4.79 Å². The van der Waals surface area contributed by atoms with Gasteiger partial charge in [0.15, 0.2) is 0 Å². The number of hydrogen-bond acceptors (Lipinski definition) is 1. The van der Waals surface area contributed by atoms with Gasteiger partial charge in [-0.05, 0) is 5.56 Å². The molecule has 0 bridgehead atoms. The van der Waals surface area contributed by atoms with Crippen LogP contribution in [-0.2, 0) is 4.79 Å². The van der Waals surface area contributed by atoms with E-state index in [1.54, 1.807) is 6.08 Å². The molecular weight excluding hydrogens is 150 g/mol. The summed E-state index contributed by atoms with van der Waals surface area (Å²) in [6.45, 7) is 3.56. The molecule has 1 atom stereocenters. The van der Waals surface area contributed by atoms with E-state index in [0.29, 0.717) is 0 Å². The number of primary amides is 1. The molecular formula is C10H11NO. The van der Waals surface area contributed by atoms with Crippen LogP contribution in [0.5, 0.6) is 0 Å². The monoisotopic (exact) mass is 161 g/mol. The van der Waals surface area contributed by atoms with E-state index in [0.717, 1.165) is 5.56 Å². The molecule has 0 heterocycles. The molecule has 0 aliphatic carbocycles. The van der Waals surface area contributed by atoms with Crippen molar-refractivity contribution in [2.75, 3.05) is 0 Å². The van der Waals surface area contributed by atoms with E-state index in [1.165, 1.54) is 0 Å². The fourth-order valence-electron chi connectivity index (χ4n) is 1.08. The fourth-order valence-corrected chi connectivity index (χ4v) is 1.08. The van der Waals surface area contributed by atoms with Gasteiger partial charge >= 0.3 is 0 Å². The van der Waals surface area contributed by atoms with Gasteiger partial charge in [-0.3, -0.25) is 4.79 Å². The number of carbonyl (C=O) groups is 1. The highest BCUT2D eigenvalue weighted by molar-refractivity contribution is 5.83. The zero-order chi connectivity index (χ0) is 8.97. The van der Waals surface area contributed by atoms with Crippen LogP contribution in [0, 0.1) is 0 Å². The van der Waals surface area contributed by atoms with E-state index in [-0.39, 0.29) is 11.8 Å². The predicted molar refractivity (Wildman–Crippen MR) is 48.6 cm³/mol. The van der Waals surface area contributed by atoms with Crippen LogP contribution in [0.3, 0.4) is 0 Å². The van der Waals surface area contributed by atoms with E-state index in [2.05, 4.69) is 6.58 Å². The van der Waals surface area contributed by atoms with E-state index < -0.39 is 0 Å². The molecule has 1 rings (SSSR count). The normalized spacial score (nSPS) is 12.0. The standard InChI is InChI=1S/C10H11NO/c1-2-9(10(11)12)8-6-4-3-5-7-8/h2-7,9H,1H2,(H2,11,12). The molecule has 0 radical (unpaired) electrons. The average molecular weight is 161 g/mol. The van der Waals surface area contributed by atoms with Crippen LogP contribution in [0.2, 0.25) is 0 Å². The first-order valence-electron chi connectivity index (χ1n) is 3.72. The average Bonchev–Trinajstić information content (AvgIpc) is 2.07. The lowest BCUT2D eigenvalue weighted by atomic mass is 9.99. The molecule has 2 N–H and O–H groups in total. The smallest absolute Gasteiger partial charge is 0.228 e. The van der Waals surface area contributed by atoms with Crippen molar-refractivity contribution in [3.05, 3.63) is 48.6 Å². The number of benzene rings is 1. The molecule has 1 aromatic rings. The molecule has 0 aromatic heterocycles. The maximum absolute atomic E-state index is 10.9. The minimum Gasteiger partial charge on any atom is -0.369 e. The van der Waals surface area contributed by atoms with Gasteiger partial charge in [0, 0.05) is 0 Å². The molecule has 1 aromatic carbocycles. The highest BCUT2D eigenvalue weighted by Crippen LogP contribution is 2.14. The Balaban J connectivity index is 2.95. The maximum atomic E-state index is 10.9. The first kappa shape index (κ1) is 8.53. The first-order valence-corrected chi connectivity index (χ1v) is 3.72.